The van der Waals surface area contributed by atoms with Gasteiger partial charge >= 0.3 is 0 Å². The third-order valence-electron chi connectivity index (χ3n) is 3.06. The number of hydrogen-bond donors (Lipinski definition) is 0. The summed E-state index contributed by atoms with van der Waals surface area (Å²) < 4.78 is 14.5. The highest BCUT2D eigenvalue weighted by atomic mass is 79.9. The lowest BCUT2D eigenvalue weighted by atomic mass is 10.1. The van der Waals surface area contributed by atoms with E-state index in [2.05, 4.69) is 15.9 Å². The minimum atomic E-state index is -0.335. The highest BCUT2D eigenvalue weighted by molar-refractivity contribution is 9.10. The summed E-state index contributed by atoms with van der Waals surface area (Å²) in [6.45, 7) is 0.514. The van der Waals surface area contributed by atoms with E-state index < -0.39 is 0 Å². The first-order valence-electron chi connectivity index (χ1n) is 6.28. The summed E-state index contributed by atoms with van der Waals surface area (Å²) in [6, 6.07) is 14.1. The summed E-state index contributed by atoms with van der Waals surface area (Å²) in [5, 5.41) is 0. The standard InChI is InChI=1S/C16H15BrFNO/c1-19(11-12-6-8-14(17)9-7-12)16(20)10-13-4-2-3-5-15(13)18/h2-9H,10-11H2,1H3. The lowest BCUT2D eigenvalue weighted by Gasteiger charge is -2.17. The molecule has 0 unspecified atom stereocenters. The monoisotopic (exact) mass is 335 g/mol. The summed E-state index contributed by atoms with van der Waals surface area (Å²) >= 11 is 3.37. The van der Waals surface area contributed by atoms with Gasteiger partial charge in [-0.25, -0.2) is 4.39 Å². The predicted octanol–water partition coefficient (Wildman–Crippen LogP) is 3.79. The molecule has 0 aromatic heterocycles. The number of hydrogen-bond acceptors (Lipinski definition) is 1. The van der Waals surface area contributed by atoms with Crippen LogP contribution in [0.25, 0.3) is 0 Å². The summed E-state index contributed by atoms with van der Waals surface area (Å²) in [5.41, 5.74) is 1.47. The minimum Gasteiger partial charge on any atom is -0.341 e. The maximum absolute atomic E-state index is 13.5. The summed E-state index contributed by atoms with van der Waals surface area (Å²) in [7, 11) is 1.73. The second-order valence-corrected chi connectivity index (χ2v) is 5.56. The predicted molar refractivity (Wildman–Crippen MR) is 80.7 cm³/mol. The Balaban J connectivity index is 1.99. The first-order valence-corrected chi connectivity index (χ1v) is 7.07. The van der Waals surface area contributed by atoms with Gasteiger partial charge in [-0.15, -0.1) is 0 Å². The molecule has 0 saturated carbocycles. The molecule has 0 aliphatic rings. The quantitative estimate of drug-likeness (QED) is 0.832. The fourth-order valence-corrected chi connectivity index (χ4v) is 2.16. The number of likely N-dealkylation sites (N-methyl/N-ethyl adjacent to an activating group) is 1. The van der Waals surface area contributed by atoms with Gasteiger partial charge in [0.25, 0.3) is 0 Å². The zero-order valence-electron chi connectivity index (χ0n) is 11.1. The molecular weight excluding hydrogens is 321 g/mol. The lowest BCUT2D eigenvalue weighted by Crippen LogP contribution is -2.28. The minimum absolute atomic E-state index is 0.0830. The Morgan fingerprint density at radius 2 is 1.80 bits per heavy atom. The molecule has 2 nitrogen and oxygen atoms in total. The molecule has 104 valence electrons. The van der Waals surface area contributed by atoms with Crippen LogP contribution in [0.2, 0.25) is 0 Å². The molecule has 0 aliphatic heterocycles. The van der Waals surface area contributed by atoms with E-state index in [0.717, 1.165) is 10.0 Å². The third kappa shape index (κ3) is 3.90. The van der Waals surface area contributed by atoms with E-state index in [1.54, 1.807) is 30.1 Å². The molecule has 20 heavy (non-hydrogen) atoms. The zero-order valence-corrected chi connectivity index (χ0v) is 12.7. The first-order chi connectivity index (χ1) is 9.56. The van der Waals surface area contributed by atoms with E-state index in [1.165, 1.54) is 6.07 Å². The summed E-state index contributed by atoms with van der Waals surface area (Å²) in [6.07, 6.45) is 0.0830. The number of amides is 1. The molecule has 2 aromatic rings. The molecule has 4 heteroatoms. The van der Waals surface area contributed by atoms with Crippen molar-refractivity contribution in [3.8, 4) is 0 Å². The topological polar surface area (TPSA) is 20.3 Å². The number of carbonyl (C=O) groups excluding carboxylic acids is 1. The molecule has 1 amide bonds. The molecule has 0 radical (unpaired) electrons. The normalized spacial score (nSPS) is 10.3. The highest BCUT2D eigenvalue weighted by Crippen LogP contribution is 2.13. The molecule has 0 atom stereocenters. The molecule has 2 aromatic carbocycles. The fraction of sp³-hybridized carbons (Fsp3) is 0.188. The number of benzene rings is 2. The Bertz CT molecular complexity index is 598. The van der Waals surface area contributed by atoms with Crippen molar-refractivity contribution in [2.45, 2.75) is 13.0 Å². The van der Waals surface area contributed by atoms with Crippen LogP contribution in [0.15, 0.2) is 53.0 Å². The molecule has 0 bridgehead atoms. The van der Waals surface area contributed by atoms with Gasteiger partial charge in [0.15, 0.2) is 0 Å². The molecule has 2 rings (SSSR count). The number of nitrogens with zero attached hydrogens (tertiary/aromatic N) is 1. The maximum atomic E-state index is 13.5. The lowest BCUT2D eigenvalue weighted by molar-refractivity contribution is -0.129. The Hall–Kier alpha value is -1.68. The van der Waals surface area contributed by atoms with Crippen LogP contribution in [0.3, 0.4) is 0 Å². The van der Waals surface area contributed by atoms with Gasteiger partial charge in [-0.1, -0.05) is 46.3 Å². The second-order valence-electron chi connectivity index (χ2n) is 4.64. The number of rotatable bonds is 4. The molecule has 0 fully saturated rings. The molecule has 0 aliphatic carbocycles. The van der Waals surface area contributed by atoms with Crippen molar-refractivity contribution in [3.63, 3.8) is 0 Å². The smallest absolute Gasteiger partial charge is 0.227 e. The van der Waals surface area contributed by atoms with Crippen LogP contribution in [-0.2, 0) is 17.8 Å². The average Bonchev–Trinajstić information content (AvgIpc) is 2.44. The molecule has 0 spiro atoms. The Kier molecular flexibility index (Phi) is 4.90. The molecule has 0 heterocycles. The Morgan fingerprint density at radius 3 is 2.45 bits per heavy atom. The second kappa shape index (κ2) is 6.66. The van der Waals surface area contributed by atoms with Crippen molar-refractivity contribution in [1.82, 2.24) is 4.90 Å². The van der Waals surface area contributed by atoms with E-state index >= 15 is 0 Å². The van der Waals surface area contributed by atoms with Crippen LogP contribution < -0.4 is 0 Å². The van der Waals surface area contributed by atoms with Gasteiger partial charge in [0.1, 0.15) is 5.82 Å². The van der Waals surface area contributed by atoms with Crippen molar-refractivity contribution in [2.75, 3.05) is 7.05 Å². The Morgan fingerprint density at radius 1 is 1.15 bits per heavy atom. The van der Waals surface area contributed by atoms with E-state index in [1.807, 2.05) is 24.3 Å². The van der Waals surface area contributed by atoms with Crippen LogP contribution in [0.5, 0.6) is 0 Å². The van der Waals surface area contributed by atoms with Gasteiger partial charge in [0.05, 0.1) is 6.42 Å². The summed E-state index contributed by atoms with van der Waals surface area (Å²) in [4.78, 5) is 13.7. The third-order valence-corrected chi connectivity index (χ3v) is 3.59. The van der Waals surface area contributed by atoms with Gasteiger partial charge < -0.3 is 4.90 Å². The van der Waals surface area contributed by atoms with Gasteiger partial charge in [-0.05, 0) is 29.3 Å². The van der Waals surface area contributed by atoms with Crippen LogP contribution >= 0.6 is 15.9 Å². The van der Waals surface area contributed by atoms with E-state index in [4.69, 9.17) is 0 Å². The van der Waals surface area contributed by atoms with Crippen molar-refractivity contribution >= 4 is 21.8 Å². The van der Waals surface area contributed by atoms with Crippen LogP contribution in [0.1, 0.15) is 11.1 Å². The summed E-state index contributed by atoms with van der Waals surface area (Å²) in [5.74, 6) is -0.434. The maximum Gasteiger partial charge on any atom is 0.227 e. The fourth-order valence-electron chi connectivity index (χ4n) is 1.89. The van der Waals surface area contributed by atoms with Crippen molar-refractivity contribution < 1.29 is 9.18 Å². The number of halogens is 2. The van der Waals surface area contributed by atoms with Crippen LogP contribution in [0, 0.1) is 5.82 Å². The zero-order chi connectivity index (χ0) is 14.5. The largest absolute Gasteiger partial charge is 0.341 e. The van der Waals surface area contributed by atoms with Gasteiger partial charge in [-0.3, -0.25) is 4.79 Å². The van der Waals surface area contributed by atoms with Gasteiger partial charge in [0, 0.05) is 18.1 Å². The SMILES string of the molecule is CN(Cc1ccc(Br)cc1)C(=O)Cc1ccccc1F. The highest BCUT2D eigenvalue weighted by Gasteiger charge is 2.12. The van der Waals surface area contributed by atoms with Gasteiger partial charge in [0.2, 0.25) is 5.91 Å². The van der Waals surface area contributed by atoms with E-state index in [9.17, 15) is 9.18 Å². The molecule has 0 N–H and O–H groups in total. The van der Waals surface area contributed by atoms with Crippen molar-refractivity contribution in [3.05, 3.63) is 69.9 Å². The average molecular weight is 336 g/mol. The van der Waals surface area contributed by atoms with Crippen molar-refractivity contribution in [2.24, 2.45) is 0 Å². The van der Waals surface area contributed by atoms with Gasteiger partial charge in [-0.2, -0.15) is 0 Å². The van der Waals surface area contributed by atoms with Crippen LogP contribution in [0.4, 0.5) is 4.39 Å². The Labute approximate surface area is 126 Å². The van der Waals surface area contributed by atoms with Crippen LogP contribution in [-0.4, -0.2) is 17.9 Å². The number of carbonyl (C=O) groups is 1. The first kappa shape index (κ1) is 14.7. The molecular formula is C16H15BrFNO. The molecule has 0 saturated heterocycles. The van der Waals surface area contributed by atoms with Crippen molar-refractivity contribution in [1.29, 1.82) is 0 Å². The van der Waals surface area contributed by atoms with E-state index in [-0.39, 0.29) is 18.1 Å². The van der Waals surface area contributed by atoms with E-state index in [0.29, 0.717) is 12.1 Å².